The van der Waals surface area contributed by atoms with E-state index in [-0.39, 0.29) is 6.04 Å². The lowest BCUT2D eigenvalue weighted by molar-refractivity contribution is 0.836. The van der Waals surface area contributed by atoms with Crippen LogP contribution < -0.4 is 5.32 Å². The summed E-state index contributed by atoms with van der Waals surface area (Å²) in [7, 11) is 0. The molecule has 1 unspecified atom stereocenters. The van der Waals surface area contributed by atoms with Gasteiger partial charge in [-0.1, -0.05) is 11.6 Å². The topological polar surface area (TPSA) is 37.8 Å². The summed E-state index contributed by atoms with van der Waals surface area (Å²) >= 11 is 7.57. The van der Waals surface area contributed by atoms with E-state index in [0.29, 0.717) is 5.15 Å². The quantitative estimate of drug-likeness (QED) is 0.855. The van der Waals surface area contributed by atoms with Crippen molar-refractivity contribution < 1.29 is 0 Å². The lowest BCUT2D eigenvalue weighted by Crippen LogP contribution is -2.08. The maximum atomic E-state index is 5.85. The van der Waals surface area contributed by atoms with E-state index in [1.54, 1.807) is 17.5 Å². The summed E-state index contributed by atoms with van der Waals surface area (Å²) in [6.07, 6.45) is 1.69. The Morgan fingerprint density at radius 3 is 2.76 bits per heavy atom. The molecule has 2 rings (SSSR count). The second kappa shape index (κ2) is 5.02. The first kappa shape index (κ1) is 12.3. The highest BCUT2D eigenvalue weighted by Gasteiger charge is 2.12. The van der Waals surface area contributed by atoms with E-state index < -0.39 is 0 Å². The molecule has 0 radical (unpaired) electrons. The van der Waals surface area contributed by atoms with Gasteiger partial charge in [-0.25, -0.2) is 9.97 Å². The third kappa shape index (κ3) is 2.96. The number of aromatic nitrogens is 2. The highest BCUT2D eigenvalue weighted by Crippen LogP contribution is 2.25. The van der Waals surface area contributed by atoms with Crippen molar-refractivity contribution in [2.45, 2.75) is 26.8 Å². The van der Waals surface area contributed by atoms with Crippen LogP contribution in [-0.2, 0) is 0 Å². The number of pyridine rings is 1. The molecule has 0 saturated carbocycles. The molecule has 1 N–H and O–H groups in total. The molecular weight excluding hydrogens is 254 g/mol. The number of thiazole rings is 1. The van der Waals surface area contributed by atoms with Gasteiger partial charge < -0.3 is 5.32 Å². The first-order valence-corrected chi connectivity index (χ1v) is 6.57. The molecule has 5 heteroatoms. The molecule has 2 heterocycles. The van der Waals surface area contributed by atoms with Gasteiger partial charge in [0.2, 0.25) is 0 Å². The van der Waals surface area contributed by atoms with Gasteiger partial charge in [0.15, 0.2) is 0 Å². The van der Waals surface area contributed by atoms with Crippen molar-refractivity contribution in [3.05, 3.63) is 39.1 Å². The number of hydrogen-bond donors (Lipinski definition) is 1. The van der Waals surface area contributed by atoms with Crippen LogP contribution in [0.1, 0.15) is 28.5 Å². The predicted octanol–water partition coefficient (Wildman–Crippen LogP) is 3.98. The number of anilines is 1. The van der Waals surface area contributed by atoms with Crippen molar-refractivity contribution in [3.63, 3.8) is 0 Å². The fourth-order valence-corrected chi connectivity index (χ4v) is 2.85. The van der Waals surface area contributed by atoms with Crippen molar-refractivity contribution >= 4 is 28.6 Å². The summed E-state index contributed by atoms with van der Waals surface area (Å²) in [5.74, 6) is 0. The summed E-state index contributed by atoms with van der Waals surface area (Å²) in [4.78, 5) is 9.74. The van der Waals surface area contributed by atoms with Crippen LogP contribution in [-0.4, -0.2) is 9.97 Å². The number of hydrogen-bond acceptors (Lipinski definition) is 4. The number of nitrogens with zero attached hydrogens (tertiary/aromatic N) is 2. The third-order valence-corrected chi connectivity index (χ3v) is 3.57. The minimum atomic E-state index is 0.165. The lowest BCUT2D eigenvalue weighted by atomic mass is 10.2. The van der Waals surface area contributed by atoms with Crippen molar-refractivity contribution in [3.8, 4) is 0 Å². The Balaban J connectivity index is 2.16. The minimum absolute atomic E-state index is 0.165. The number of halogens is 1. The number of nitrogens with one attached hydrogen (secondary N) is 1. The van der Waals surface area contributed by atoms with Crippen molar-refractivity contribution in [1.29, 1.82) is 0 Å². The minimum Gasteiger partial charge on any atom is -0.377 e. The number of aryl methyl sites for hydroxylation is 2. The zero-order valence-electron chi connectivity index (χ0n) is 9.99. The van der Waals surface area contributed by atoms with Gasteiger partial charge >= 0.3 is 0 Å². The van der Waals surface area contributed by atoms with Crippen LogP contribution >= 0.6 is 22.9 Å². The lowest BCUT2D eigenvalue weighted by Gasteiger charge is -2.14. The zero-order valence-corrected chi connectivity index (χ0v) is 11.6. The van der Waals surface area contributed by atoms with Gasteiger partial charge in [0.05, 0.1) is 16.7 Å². The Labute approximate surface area is 110 Å². The fraction of sp³-hybridized carbons (Fsp3) is 0.333. The number of rotatable bonds is 3. The fourth-order valence-electron chi connectivity index (χ4n) is 1.76. The standard InChI is InChI=1S/C12H14ClN3S/c1-7(12-8(2)17-9(3)16-12)15-10-4-5-14-11(13)6-10/h4-7H,1-3H3,(H,14,15). The normalized spacial score (nSPS) is 12.5. The largest absolute Gasteiger partial charge is 0.377 e. The summed E-state index contributed by atoms with van der Waals surface area (Å²) in [6.45, 7) is 6.21. The smallest absolute Gasteiger partial charge is 0.131 e. The van der Waals surface area contributed by atoms with Crippen LogP contribution in [0.25, 0.3) is 0 Å². The van der Waals surface area contributed by atoms with Crippen LogP contribution in [0.3, 0.4) is 0 Å². The van der Waals surface area contributed by atoms with Gasteiger partial charge in [0, 0.05) is 16.8 Å². The molecule has 90 valence electrons. The molecule has 0 aliphatic carbocycles. The molecule has 0 fully saturated rings. The first-order chi connectivity index (χ1) is 8.06. The highest BCUT2D eigenvalue weighted by molar-refractivity contribution is 7.11. The monoisotopic (exact) mass is 267 g/mol. The van der Waals surface area contributed by atoms with E-state index in [0.717, 1.165) is 16.4 Å². The van der Waals surface area contributed by atoms with Crippen molar-refractivity contribution in [2.24, 2.45) is 0 Å². The molecular formula is C12H14ClN3S. The van der Waals surface area contributed by atoms with E-state index in [2.05, 4.69) is 29.1 Å². The van der Waals surface area contributed by atoms with Gasteiger partial charge in [-0.3, -0.25) is 0 Å². The SMILES string of the molecule is Cc1nc(C(C)Nc2ccnc(Cl)c2)c(C)s1. The molecule has 0 saturated heterocycles. The first-order valence-electron chi connectivity index (χ1n) is 5.38. The third-order valence-electron chi connectivity index (χ3n) is 2.46. The molecule has 0 aromatic carbocycles. The van der Waals surface area contributed by atoms with E-state index in [1.165, 1.54) is 4.88 Å². The van der Waals surface area contributed by atoms with Crippen LogP contribution in [0, 0.1) is 13.8 Å². The van der Waals surface area contributed by atoms with E-state index >= 15 is 0 Å². The van der Waals surface area contributed by atoms with E-state index in [1.807, 2.05) is 19.1 Å². The van der Waals surface area contributed by atoms with Gasteiger partial charge in [0.25, 0.3) is 0 Å². The highest BCUT2D eigenvalue weighted by atomic mass is 35.5. The zero-order chi connectivity index (χ0) is 12.4. The summed E-state index contributed by atoms with van der Waals surface area (Å²) in [6, 6.07) is 3.88. The molecule has 2 aromatic heterocycles. The van der Waals surface area contributed by atoms with Crippen molar-refractivity contribution in [1.82, 2.24) is 9.97 Å². The second-order valence-electron chi connectivity index (χ2n) is 3.91. The Hall–Kier alpha value is -1.13. The molecule has 0 bridgehead atoms. The Morgan fingerprint density at radius 2 is 2.18 bits per heavy atom. The molecule has 0 spiro atoms. The maximum absolute atomic E-state index is 5.85. The van der Waals surface area contributed by atoms with Crippen LogP contribution in [0.4, 0.5) is 5.69 Å². The molecule has 0 aliphatic heterocycles. The summed E-state index contributed by atoms with van der Waals surface area (Å²) in [5.41, 5.74) is 2.06. The van der Waals surface area contributed by atoms with Gasteiger partial charge in [-0.05, 0) is 32.9 Å². The van der Waals surface area contributed by atoms with Gasteiger partial charge in [-0.2, -0.15) is 0 Å². The summed E-state index contributed by atoms with van der Waals surface area (Å²) in [5, 5.41) is 4.96. The molecule has 17 heavy (non-hydrogen) atoms. The molecule has 2 aromatic rings. The second-order valence-corrected chi connectivity index (χ2v) is 5.70. The van der Waals surface area contributed by atoms with Gasteiger partial charge in [0.1, 0.15) is 5.15 Å². The Kier molecular flexibility index (Phi) is 3.64. The molecule has 0 aliphatic rings. The van der Waals surface area contributed by atoms with Crippen LogP contribution in [0.15, 0.2) is 18.3 Å². The van der Waals surface area contributed by atoms with Crippen LogP contribution in [0.2, 0.25) is 5.15 Å². The van der Waals surface area contributed by atoms with E-state index in [9.17, 15) is 0 Å². The average Bonchev–Trinajstić information content (AvgIpc) is 2.58. The molecule has 0 amide bonds. The Morgan fingerprint density at radius 1 is 1.41 bits per heavy atom. The summed E-state index contributed by atoms with van der Waals surface area (Å²) < 4.78 is 0. The predicted molar refractivity (Wildman–Crippen MR) is 72.9 cm³/mol. The van der Waals surface area contributed by atoms with Crippen molar-refractivity contribution in [2.75, 3.05) is 5.32 Å². The average molecular weight is 268 g/mol. The van der Waals surface area contributed by atoms with Gasteiger partial charge in [-0.15, -0.1) is 11.3 Å². The molecule has 3 nitrogen and oxygen atoms in total. The molecule has 1 atom stereocenters. The maximum Gasteiger partial charge on any atom is 0.131 e. The Bertz CT molecular complexity index is 524. The van der Waals surface area contributed by atoms with Crippen LogP contribution in [0.5, 0.6) is 0 Å². The van der Waals surface area contributed by atoms with E-state index in [4.69, 9.17) is 11.6 Å².